The van der Waals surface area contributed by atoms with Gasteiger partial charge in [-0.15, -0.1) is 0 Å². The summed E-state index contributed by atoms with van der Waals surface area (Å²) in [6, 6.07) is 17.7. The van der Waals surface area contributed by atoms with Crippen LogP contribution in [0.15, 0.2) is 77.7 Å². The summed E-state index contributed by atoms with van der Waals surface area (Å²) in [5.74, 6) is -1.29. The lowest BCUT2D eigenvalue weighted by atomic mass is 10.1. The van der Waals surface area contributed by atoms with Gasteiger partial charge in [-0.05, 0) is 43.2 Å². The lowest BCUT2D eigenvalue weighted by molar-refractivity contribution is -0.385. The van der Waals surface area contributed by atoms with E-state index in [1.807, 2.05) is 31.2 Å². The lowest BCUT2D eigenvalue weighted by Crippen LogP contribution is -2.38. The Morgan fingerprint density at radius 1 is 1.09 bits per heavy atom. The number of non-ortho nitro benzene ring substituents is 1. The van der Waals surface area contributed by atoms with Gasteiger partial charge in [0.1, 0.15) is 0 Å². The monoisotopic (exact) mass is 495 g/mol. The predicted molar refractivity (Wildman–Crippen MR) is 128 cm³/mol. The van der Waals surface area contributed by atoms with Gasteiger partial charge in [-0.1, -0.05) is 36.4 Å². The summed E-state index contributed by atoms with van der Waals surface area (Å²) in [7, 11) is -4.25. The highest BCUT2D eigenvalue weighted by Gasteiger charge is 2.31. The van der Waals surface area contributed by atoms with Crippen molar-refractivity contribution in [2.24, 2.45) is 0 Å². The van der Waals surface area contributed by atoms with Gasteiger partial charge in [0.05, 0.1) is 21.1 Å². The number of esters is 1. The molecule has 0 fully saturated rings. The average molecular weight is 496 g/mol. The van der Waals surface area contributed by atoms with Crippen LogP contribution in [0.3, 0.4) is 0 Å². The minimum atomic E-state index is -4.25. The first-order chi connectivity index (χ1) is 16.7. The number of para-hydroxylation sites is 2. The molecule has 35 heavy (non-hydrogen) atoms. The van der Waals surface area contributed by atoms with Gasteiger partial charge in [-0.25, -0.2) is 13.2 Å². The van der Waals surface area contributed by atoms with Crippen LogP contribution in [0.4, 0.5) is 17.1 Å². The van der Waals surface area contributed by atoms with Gasteiger partial charge in [-0.2, -0.15) is 0 Å². The quantitative estimate of drug-likeness (QED) is 0.301. The van der Waals surface area contributed by atoms with E-state index in [2.05, 4.69) is 4.72 Å². The van der Waals surface area contributed by atoms with Crippen molar-refractivity contribution >= 4 is 39.0 Å². The molecule has 0 saturated heterocycles. The Kier molecular flexibility index (Phi) is 6.52. The number of amides is 1. The first kappa shape index (κ1) is 23.9. The Labute approximate surface area is 201 Å². The largest absolute Gasteiger partial charge is 0.452 e. The summed E-state index contributed by atoms with van der Waals surface area (Å²) in [6.07, 6.45) is 0.693. The summed E-state index contributed by atoms with van der Waals surface area (Å²) in [4.78, 5) is 37.1. The number of hydrogen-bond acceptors (Lipinski definition) is 7. The fourth-order valence-electron chi connectivity index (χ4n) is 3.94. The van der Waals surface area contributed by atoms with E-state index in [0.29, 0.717) is 6.42 Å². The molecule has 1 aliphatic heterocycles. The van der Waals surface area contributed by atoms with Crippen molar-refractivity contribution < 1.29 is 27.7 Å². The highest BCUT2D eigenvalue weighted by molar-refractivity contribution is 7.92. The van der Waals surface area contributed by atoms with Crippen LogP contribution < -0.4 is 9.62 Å². The fraction of sp³-hybridized carbons (Fsp3) is 0.167. The zero-order valence-electron chi connectivity index (χ0n) is 18.6. The maximum Gasteiger partial charge on any atom is 0.340 e. The second-order valence-corrected chi connectivity index (χ2v) is 9.61. The second kappa shape index (κ2) is 9.55. The number of nitro groups is 1. The molecular weight excluding hydrogens is 474 g/mol. The molecule has 0 bridgehead atoms. The Morgan fingerprint density at radius 2 is 1.80 bits per heavy atom. The van der Waals surface area contributed by atoms with Crippen molar-refractivity contribution in [3.63, 3.8) is 0 Å². The number of carbonyl (C=O) groups excluding carboxylic acids is 2. The molecule has 1 heterocycles. The van der Waals surface area contributed by atoms with Crippen LogP contribution in [-0.2, 0) is 26.0 Å². The predicted octanol–water partition coefficient (Wildman–Crippen LogP) is 3.53. The molecule has 0 radical (unpaired) electrons. The summed E-state index contributed by atoms with van der Waals surface area (Å²) < 4.78 is 33.1. The van der Waals surface area contributed by atoms with Crippen molar-refractivity contribution in [2.75, 3.05) is 16.2 Å². The van der Waals surface area contributed by atoms with Crippen LogP contribution in [0.25, 0.3) is 0 Å². The smallest absolute Gasteiger partial charge is 0.340 e. The molecule has 0 unspecified atom stereocenters. The number of fused-ring (bicyclic) bond motifs is 1. The second-order valence-electron chi connectivity index (χ2n) is 7.93. The van der Waals surface area contributed by atoms with Crippen molar-refractivity contribution in [3.05, 3.63) is 94.0 Å². The van der Waals surface area contributed by atoms with Crippen LogP contribution in [-0.4, -0.2) is 37.9 Å². The molecule has 1 amide bonds. The van der Waals surface area contributed by atoms with E-state index < -0.39 is 39.1 Å². The molecule has 11 heteroatoms. The van der Waals surface area contributed by atoms with E-state index in [-0.39, 0.29) is 22.2 Å². The molecule has 180 valence electrons. The Bertz CT molecular complexity index is 1420. The third-order valence-corrected chi connectivity index (χ3v) is 6.90. The van der Waals surface area contributed by atoms with Gasteiger partial charge >= 0.3 is 5.97 Å². The molecule has 1 atom stereocenters. The number of nitrogens with zero attached hydrogens (tertiary/aromatic N) is 2. The van der Waals surface area contributed by atoms with Gasteiger partial charge < -0.3 is 9.64 Å². The van der Waals surface area contributed by atoms with Crippen LogP contribution in [0.1, 0.15) is 22.8 Å². The van der Waals surface area contributed by atoms with Crippen LogP contribution >= 0.6 is 0 Å². The number of nitro benzene ring substituents is 1. The summed E-state index contributed by atoms with van der Waals surface area (Å²) in [6.45, 7) is 1.38. The molecule has 0 saturated carbocycles. The van der Waals surface area contributed by atoms with Crippen LogP contribution in [0.5, 0.6) is 0 Å². The summed E-state index contributed by atoms with van der Waals surface area (Å²) in [5, 5.41) is 11.0. The van der Waals surface area contributed by atoms with Gasteiger partial charge in [-0.3, -0.25) is 19.6 Å². The van der Waals surface area contributed by atoms with Crippen molar-refractivity contribution in [3.8, 4) is 0 Å². The molecule has 4 rings (SSSR count). The first-order valence-corrected chi connectivity index (χ1v) is 12.1. The topological polar surface area (TPSA) is 136 Å². The maximum absolute atomic E-state index is 12.8. The number of ether oxygens (including phenoxy) is 1. The van der Waals surface area contributed by atoms with E-state index in [9.17, 15) is 28.1 Å². The molecule has 1 N–H and O–H groups in total. The van der Waals surface area contributed by atoms with Crippen LogP contribution in [0, 0.1) is 10.1 Å². The SMILES string of the molecule is C[C@@H]1Cc2ccccc2N1C(=O)COC(=O)c1ccccc1NS(=O)(=O)c1cccc([N+](=O)[O-])c1. The minimum Gasteiger partial charge on any atom is -0.452 e. The Balaban J connectivity index is 1.49. The van der Waals surface area contributed by atoms with E-state index >= 15 is 0 Å². The number of anilines is 2. The molecule has 1 aliphatic rings. The van der Waals surface area contributed by atoms with E-state index in [0.717, 1.165) is 17.3 Å². The van der Waals surface area contributed by atoms with Crippen LogP contribution in [0.2, 0.25) is 0 Å². The Morgan fingerprint density at radius 3 is 2.57 bits per heavy atom. The zero-order valence-corrected chi connectivity index (χ0v) is 19.4. The van der Waals surface area contributed by atoms with Crippen molar-refractivity contribution in [2.45, 2.75) is 24.3 Å². The minimum absolute atomic E-state index is 0.0867. The van der Waals surface area contributed by atoms with Crippen molar-refractivity contribution in [1.82, 2.24) is 0 Å². The fourth-order valence-corrected chi connectivity index (χ4v) is 5.06. The average Bonchev–Trinajstić information content (AvgIpc) is 3.18. The third kappa shape index (κ3) is 4.99. The molecule has 3 aromatic rings. The molecule has 0 aliphatic carbocycles. The van der Waals surface area contributed by atoms with Gasteiger partial charge in [0.2, 0.25) is 0 Å². The number of sulfonamides is 1. The maximum atomic E-state index is 12.8. The number of carbonyl (C=O) groups is 2. The Hall–Kier alpha value is -4.25. The summed E-state index contributed by atoms with van der Waals surface area (Å²) in [5.41, 5.74) is 1.21. The van der Waals surface area contributed by atoms with Gasteiger partial charge in [0, 0.05) is 23.9 Å². The van der Waals surface area contributed by atoms with Gasteiger partial charge in [0.25, 0.3) is 21.6 Å². The number of rotatable bonds is 7. The standard InChI is InChI=1S/C24H21N3O7S/c1-16-13-17-7-2-5-12-22(17)26(16)23(28)15-34-24(29)20-10-3-4-11-21(20)25-35(32,33)19-9-6-8-18(14-19)27(30)31/h2-12,14,16,25H,13,15H2,1H3/t16-/m1/s1. The molecule has 10 nitrogen and oxygen atoms in total. The van der Waals surface area contributed by atoms with E-state index in [1.165, 1.54) is 42.5 Å². The highest BCUT2D eigenvalue weighted by atomic mass is 32.2. The van der Waals surface area contributed by atoms with Gasteiger partial charge in [0.15, 0.2) is 6.61 Å². The number of benzene rings is 3. The highest BCUT2D eigenvalue weighted by Crippen LogP contribution is 2.32. The third-order valence-electron chi connectivity index (χ3n) is 5.53. The first-order valence-electron chi connectivity index (χ1n) is 10.6. The normalized spacial score (nSPS) is 14.8. The molecule has 0 spiro atoms. The molecule has 3 aromatic carbocycles. The summed E-state index contributed by atoms with van der Waals surface area (Å²) >= 11 is 0. The van der Waals surface area contributed by atoms with E-state index in [1.54, 1.807) is 4.90 Å². The van der Waals surface area contributed by atoms with Crippen molar-refractivity contribution in [1.29, 1.82) is 0 Å². The molecular formula is C24H21N3O7S. The lowest BCUT2D eigenvalue weighted by Gasteiger charge is -2.22. The number of hydrogen-bond donors (Lipinski definition) is 1. The number of nitrogens with one attached hydrogen (secondary N) is 1. The van der Waals surface area contributed by atoms with E-state index in [4.69, 9.17) is 4.74 Å². The molecule has 0 aromatic heterocycles. The zero-order chi connectivity index (χ0) is 25.2.